The topological polar surface area (TPSA) is 61.4 Å². The standard InChI is InChI=1S/C12H24N2O2S/c1-2-3-10(4-6-15)8-14-12(16)11-9-17-7-5-13-11/h10-11,13,15H,2-9H2,1H3,(H,14,16). The van der Waals surface area contributed by atoms with Crippen LogP contribution in [0.3, 0.4) is 0 Å². The van der Waals surface area contributed by atoms with E-state index in [2.05, 4.69) is 17.6 Å². The summed E-state index contributed by atoms with van der Waals surface area (Å²) in [5.74, 6) is 2.47. The van der Waals surface area contributed by atoms with Crippen molar-refractivity contribution in [3.8, 4) is 0 Å². The molecule has 0 saturated carbocycles. The van der Waals surface area contributed by atoms with E-state index in [1.807, 2.05) is 11.8 Å². The van der Waals surface area contributed by atoms with E-state index in [4.69, 9.17) is 5.11 Å². The highest BCUT2D eigenvalue weighted by Crippen LogP contribution is 2.11. The number of nitrogens with one attached hydrogen (secondary N) is 2. The van der Waals surface area contributed by atoms with E-state index in [-0.39, 0.29) is 18.6 Å². The van der Waals surface area contributed by atoms with Crippen molar-refractivity contribution in [2.24, 2.45) is 5.92 Å². The maximum Gasteiger partial charge on any atom is 0.238 e. The highest BCUT2D eigenvalue weighted by atomic mass is 32.2. The van der Waals surface area contributed by atoms with Crippen molar-refractivity contribution in [2.45, 2.75) is 32.2 Å². The van der Waals surface area contributed by atoms with Crippen LogP contribution in [0.4, 0.5) is 0 Å². The number of thioether (sulfide) groups is 1. The third kappa shape index (κ3) is 5.75. The third-order valence-electron chi connectivity index (χ3n) is 3.04. The molecule has 1 aliphatic rings. The minimum atomic E-state index is -0.0369. The summed E-state index contributed by atoms with van der Waals surface area (Å²) in [6, 6.07) is -0.0369. The highest BCUT2D eigenvalue weighted by molar-refractivity contribution is 7.99. The van der Waals surface area contributed by atoms with E-state index in [0.717, 1.165) is 37.3 Å². The average Bonchev–Trinajstić information content (AvgIpc) is 2.37. The Balaban J connectivity index is 2.24. The highest BCUT2D eigenvalue weighted by Gasteiger charge is 2.21. The summed E-state index contributed by atoms with van der Waals surface area (Å²) in [5.41, 5.74) is 0. The van der Waals surface area contributed by atoms with Gasteiger partial charge in [0.05, 0.1) is 6.04 Å². The van der Waals surface area contributed by atoms with Crippen molar-refractivity contribution < 1.29 is 9.90 Å². The van der Waals surface area contributed by atoms with Crippen LogP contribution in [0.25, 0.3) is 0 Å². The Hall–Kier alpha value is -0.260. The Bertz CT molecular complexity index is 215. The fourth-order valence-electron chi connectivity index (χ4n) is 2.04. The summed E-state index contributed by atoms with van der Waals surface area (Å²) < 4.78 is 0. The van der Waals surface area contributed by atoms with Crippen LogP contribution >= 0.6 is 11.8 Å². The van der Waals surface area contributed by atoms with Crippen molar-refractivity contribution >= 4 is 17.7 Å². The second-order valence-corrected chi connectivity index (χ2v) is 5.64. The minimum absolute atomic E-state index is 0.0369. The van der Waals surface area contributed by atoms with Crippen LogP contribution in [-0.2, 0) is 4.79 Å². The summed E-state index contributed by atoms with van der Waals surface area (Å²) in [4.78, 5) is 11.9. The van der Waals surface area contributed by atoms with Crippen LogP contribution in [0.2, 0.25) is 0 Å². The van der Waals surface area contributed by atoms with Gasteiger partial charge in [0.25, 0.3) is 0 Å². The van der Waals surface area contributed by atoms with Crippen molar-refractivity contribution in [2.75, 3.05) is 31.2 Å². The van der Waals surface area contributed by atoms with Crippen molar-refractivity contribution in [3.05, 3.63) is 0 Å². The van der Waals surface area contributed by atoms with Crippen LogP contribution < -0.4 is 10.6 Å². The first-order valence-corrected chi connectivity index (χ1v) is 7.63. The average molecular weight is 260 g/mol. The predicted molar refractivity (Wildman–Crippen MR) is 72.2 cm³/mol. The van der Waals surface area contributed by atoms with Crippen LogP contribution in [0.15, 0.2) is 0 Å². The molecule has 0 bridgehead atoms. The van der Waals surface area contributed by atoms with Crippen LogP contribution in [0.5, 0.6) is 0 Å². The first kappa shape index (κ1) is 14.8. The Morgan fingerprint density at radius 2 is 2.41 bits per heavy atom. The molecule has 4 nitrogen and oxygen atoms in total. The number of amides is 1. The number of carbonyl (C=O) groups excluding carboxylic acids is 1. The van der Waals surface area contributed by atoms with Gasteiger partial charge in [0.2, 0.25) is 5.91 Å². The Kier molecular flexibility index (Phi) is 7.64. The molecule has 0 aromatic rings. The molecule has 1 amide bonds. The smallest absolute Gasteiger partial charge is 0.238 e. The molecule has 0 radical (unpaired) electrons. The van der Waals surface area contributed by atoms with Gasteiger partial charge in [-0.1, -0.05) is 13.3 Å². The number of hydrogen-bond acceptors (Lipinski definition) is 4. The van der Waals surface area contributed by atoms with Crippen molar-refractivity contribution in [1.29, 1.82) is 0 Å². The number of rotatable bonds is 7. The van der Waals surface area contributed by atoms with Gasteiger partial charge in [-0.15, -0.1) is 0 Å². The van der Waals surface area contributed by atoms with Gasteiger partial charge in [-0.25, -0.2) is 0 Å². The molecule has 2 unspecified atom stereocenters. The summed E-state index contributed by atoms with van der Waals surface area (Å²) in [6.45, 7) is 3.94. The monoisotopic (exact) mass is 260 g/mol. The maximum absolute atomic E-state index is 11.9. The molecular weight excluding hydrogens is 236 g/mol. The van der Waals surface area contributed by atoms with Gasteiger partial charge in [0.15, 0.2) is 0 Å². The third-order valence-corrected chi connectivity index (χ3v) is 4.10. The van der Waals surface area contributed by atoms with E-state index in [9.17, 15) is 4.79 Å². The second kappa shape index (κ2) is 8.78. The van der Waals surface area contributed by atoms with Crippen LogP contribution in [0.1, 0.15) is 26.2 Å². The van der Waals surface area contributed by atoms with E-state index in [1.54, 1.807) is 0 Å². The van der Waals surface area contributed by atoms with E-state index < -0.39 is 0 Å². The molecular formula is C12H24N2O2S. The summed E-state index contributed by atoms with van der Waals surface area (Å²) in [5, 5.41) is 15.2. The predicted octanol–water partition coefficient (Wildman–Crippen LogP) is 0.606. The van der Waals surface area contributed by atoms with Gasteiger partial charge < -0.3 is 15.7 Å². The van der Waals surface area contributed by atoms with E-state index in [1.165, 1.54) is 0 Å². The first-order valence-electron chi connectivity index (χ1n) is 6.47. The van der Waals surface area contributed by atoms with Crippen LogP contribution in [-0.4, -0.2) is 48.3 Å². The maximum atomic E-state index is 11.9. The molecule has 0 aromatic heterocycles. The first-order chi connectivity index (χ1) is 8.27. The molecule has 1 fully saturated rings. The van der Waals surface area contributed by atoms with Gasteiger partial charge in [0, 0.05) is 31.2 Å². The lowest BCUT2D eigenvalue weighted by Crippen LogP contribution is -2.49. The van der Waals surface area contributed by atoms with Crippen molar-refractivity contribution in [1.82, 2.24) is 10.6 Å². The SMILES string of the molecule is CCCC(CCO)CNC(=O)C1CSCCN1. The molecule has 17 heavy (non-hydrogen) atoms. The van der Waals surface area contributed by atoms with Gasteiger partial charge in [-0.2, -0.15) is 11.8 Å². The number of aliphatic hydroxyl groups is 1. The molecule has 5 heteroatoms. The van der Waals surface area contributed by atoms with Gasteiger partial charge >= 0.3 is 0 Å². The van der Waals surface area contributed by atoms with E-state index in [0.29, 0.717) is 12.5 Å². The van der Waals surface area contributed by atoms with Gasteiger partial charge in [-0.05, 0) is 18.8 Å². The molecule has 2 atom stereocenters. The Morgan fingerprint density at radius 3 is 3.00 bits per heavy atom. The zero-order valence-corrected chi connectivity index (χ0v) is 11.4. The molecule has 3 N–H and O–H groups in total. The fraction of sp³-hybridized carbons (Fsp3) is 0.917. The van der Waals surface area contributed by atoms with E-state index >= 15 is 0 Å². The molecule has 0 aliphatic carbocycles. The molecule has 1 heterocycles. The molecule has 1 saturated heterocycles. The zero-order valence-electron chi connectivity index (χ0n) is 10.6. The molecule has 1 rings (SSSR count). The van der Waals surface area contributed by atoms with Crippen molar-refractivity contribution in [3.63, 3.8) is 0 Å². The second-order valence-electron chi connectivity index (χ2n) is 4.49. The minimum Gasteiger partial charge on any atom is -0.396 e. The largest absolute Gasteiger partial charge is 0.396 e. The van der Waals surface area contributed by atoms with Crippen LogP contribution in [0, 0.1) is 5.92 Å². The Labute approximate surface area is 108 Å². The summed E-state index contributed by atoms with van der Waals surface area (Å²) >= 11 is 1.82. The molecule has 100 valence electrons. The molecule has 0 aromatic carbocycles. The quantitative estimate of drug-likeness (QED) is 0.627. The number of carbonyl (C=O) groups is 1. The lowest BCUT2D eigenvalue weighted by molar-refractivity contribution is -0.122. The lowest BCUT2D eigenvalue weighted by atomic mass is 10.0. The normalized spacial score (nSPS) is 22.1. The molecule has 1 aliphatic heterocycles. The molecule has 0 spiro atoms. The van der Waals surface area contributed by atoms with Gasteiger partial charge in [0.1, 0.15) is 0 Å². The zero-order chi connectivity index (χ0) is 12.5. The number of aliphatic hydroxyl groups excluding tert-OH is 1. The van der Waals surface area contributed by atoms with Gasteiger partial charge in [-0.3, -0.25) is 4.79 Å². The number of hydrogen-bond donors (Lipinski definition) is 3. The fourth-order valence-corrected chi connectivity index (χ4v) is 2.98. The summed E-state index contributed by atoms with van der Waals surface area (Å²) in [6.07, 6.45) is 2.94. The summed E-state index contributed by atoms with van der Waals surface area (Å²) in [7, 11) is 0. The Morgan fingerprint density at radius 1 is 1.59 bits per heavy atom. The lowest BCUT2D eigenvalue weighted by Gasteiger charge is -2.23.